The number of rotatable bonds is 6. The minimum atomic E-state index is 0.225. The average molecular weight is 414 g/mol. The zero-order valence-corrected chi connectivity index (χ0v) is 17.7. The van der Waals surface area contributed by atoms with E-state index in [0.717, 1.165) is 56.5 Å². The molecule has 3 aliphatic rings. The van der Waals surface area contributed by atoms with Crippen LogP contribution in [0.1, 0.15) is 25.7 Å². The van der Waals surface area contributed by atoms with E-state index in [1.165, 1.54) is 19.3 Å². The molecule has 1 aromatic rings. The number of amides is 1. The van der Waals surface area contributed by atoms with Crippen LogP contribution in [0.3, 0.4) is 0 Å². The van der Waals surface area contributed by atoms with Gasteiger partial charge in [-0.1, -0.05) is 13.0 Å². The highest BCUT2D eigenvalue weighted by atomic mass is 16.5. The van der Waals surface area contributed by atoms with Gasteiger partial charge in [0.15, 0.2) is 5.82 Å². The lowest BCUT2D eigenvalue weighted by molar-refractivity contribution is -0.134. The Kier molecular flexibility index (Phi) is 6.59. The predicted octanol–water partition coefficient (Wildman–Crippen LogP) is 1.21. The van der Waals surface area contributed by atoms with Gasteiger partial charge in [0, 0.05) is 57.8 Å². The van der Waals surface area contributed by atoms with E-state index in [9.17, 15) is 4.79 Å². The summed E-state index contributed by atoms with van der Waals surface area (Å²) in [7, 11) is 1.55. The number of hydrogen-bond donors (Lipinski definition) is 1. The van der Waals surface area contributed by atoms with Gasteiger partial charge in [-0.25, -0.2) is 0 Å². The summed E-state index contributed by atoms with van der Waals surface area (Å²) in [4.78, 5) is 19.5. The fourth-order valence-corrected chi connectivity index (χ4v) is 4.14. The van der Waals surface area contributed by atoms with Crippen molar-refractivity contribution in [3.05, 3.63) is 24.3 Å². The number of ether oxygens (including phenoxy) is 1. The Bertz CT molecular complexity index is 783. The van der Waals surface area contributed by atoms with Crippen LogP contribution in [-0.4, -0.2) is 95.5 Å². The van der Waals surface area contributed by atoms with Gasteiger partial charge in [0.05, 0.1) is 19.4 Å². The first-order valence-corrected chi connectivity index (χ1v) is 10.7. The number of likely N-dealkylation sites (tertiary alicyclic amines) is 1. The predicted molar refractivity (Wildman–Crippen MR) is 116 cm³/mol. The first-order valence-electron chi connectivity index (χ1n) is 10.7. The van der Waals surface area contributed by atoms with Gasteiger partial charge >= 0.3 is 0 Å². The Morgan fingerprint density at radius 3 is 2.63 bits per heavy atom. The monoisotopic (exact) mass is 413 g/mol. The van der Waals surface area contributed by atoms with E-state index in [1.54, 1.807) is 19.2 Å². The molecular formula is C21H31N7O2. The molecule has 0 spiro atoms. The molecule has 0 aromatic carbocycles. The summed E-state index contributed by atoms with van der Waals surface area (Å²) >= 11 is 0. The lowest BCUT2D eigenvalue weighted by Gasteiger charge is -2.43. The highest BCUT2D eigenvalue weighted by Crippen LogP contribution is 2.25. The molecule has 0 atom stereocenters. The molecular weight excluding hydrogens is 382 g/mol. The van der Waals surface area contributed by atoms with Crippen LogP contribution < -0.4 is 10.2 Å². The third kappa shape index (κ3) is 4.96. The van der Waals surface area contributed by atoms with Crippen molar-refractivity contribution in [3.8, 4) is 5.88 Å². The van der Waals surface area contributed by atoms with Crippen LogP contribution >= 0.6 is 0 Å². The summed E-state index contributed by atoms with van der Waals surface area (Å²) in [5.41, 5.74) is 4.76. The number of hydrogen-bond acceptors (Lipinski definition) is 8. The van der Waals surface area contributed by atoms with Gasteiger partial charge < -0.3 is 9.64 Å². The Labute approximate surface area is 177 Å². The molecule has 9 nitrogen and oxygen atoms in total. The first-order chi connectivity index (χ1) is 14.6. The molecule has 162 valence electrons. The number of carbonyl (C=O) groups excluding carboxylic acids is 1. The second kappa shape index (κ2) is 9.53. The number of nitrogens with one attached hydrogen (secondary N) is 1. The van der Waals surface area contributed by atoms with Crippen LogP contribution in [0.4, 0.5) is 5.82 Å². The number of nitrogens with zero attached hydrogens (tertiary/aromatic N) is 6. The molecule has 2 aliphatic heterocycles. The van der Waals surface area contributed by atoms with Crippen molar-refractivity contribution >= 4 is 17.4 Å². The fraction of sp³-hybridized carbons (Fsp3) is 0.619. The maximum Gasteiger partial charge on any atom is 0.236 e. The number of aromatic nitrogens is 2. The standard InChI is InChI=1S/C21H31N7O2/c1-16-14-26(9-8-18(16)22-23-19-6-7-20(30-2)25-24-19)15-21(29)28-12-10-27(11-13-28)17-4-3-5-17/h6-7,17H,1,3-5,8-15H2,2H3,(H,23,24)/b22-18-. The number of anilines is 1. The van der Waals surface area contributed by atoms with Gasteiger partial charge in [0.2, 0.25) is 11.8 Å². The van der Waals surface area contributed by atoms with Gasteiger partial charge in [0.1, 0.15) is 0 Å². The molecule has 1 saturated carbocycles. The molecule has 0 bridgehead atoms. The van der Waals surface area contributed by atoms with Gasteiger partial charge in [0.25, 0.3) is 0 Å². The van der Waals surface area contributed by atoms with Crippen molar-refractivity contribution < 1.29 is 9.53 Å². The number of piperidine rings is 1. The summed E-state index contributed by atoms with van der Waals surface area (Å²) in [6.45, 7) is 9.78. The Balaban J connectivity index is 1.22. The van der Waals surface area contributed by atoms with E-state index in [1.807, 2.05) is 4.90 Å². The van der Waals surface area contributed by atoms with Gasteiger partial charge in [-0.05, 0) is 24.5 Å². The molecule has 9 heteroatoms. The lowest BCUT2D eigenvalue weighted by Crippen LogP contribution is -2.55. The Hall–Kier alpha value is -2.52. The van der Waals surface area contributed by atoms with Crippen molar-refractivity contribution in [1.82, 2.24) is 24.9 Å². The van der Waals surface area contributed by atoms with Crippen molar-refractivity contribution in [2.24, 2.45) is 5.10 Å². The number of hydrazone groups is 1. The zero-order valence-electron chi connectivity index (χ0n) is 17.7. The smallest absolute Gasteiger partial charge is 0.236 e. The van der Waals surface area contributed by atoms with Crippen LogP contribution in [0.15, 0.2) is 29.4 Å². The number of carbonyl (C=O) groups is 1. The van der Waals surface area contributed by atoms with Crippen LogP contribution in [-0.2, 0) is 4.79 Å². The topological polar surface area (TPSA) is 86.2 Å². The molecule has 3 heterocycles. The average Bonchev–Trinajstić information content (AvgIpc) is 2.73. The third-order valence-electron chi connectivity index (χ3n) is 6.26. The van der Waals surface area contributed by atoms with Crippen molar-refractivity contribution in [1.29, 1.82) is 0 Å². The molecule has 1 aromatic heterocycles. The number of methoxy groups -OCH3 is 1. The van der Waals surface area contributed by atoms with Crippen LogP contribution in [0.2, 0.25) is 0 Å². The molecule has 2 saturated heterocycles. The van der Waals surface area contributed by atoms with Crippen LogP contribution in [0.25, 0.3) is 0 Å². The van der Waals surface area contributed by atoms with Gasteiger partial charge in [-0.2, -0.15) is 5.10 Å². The van der Waals surface area contributed by atoms with E-state index >= 15 is 0 Å². The van der Waals surface area contributed by atoms with Gasteiger partial charge in [-0.3, -0.25) is 20.0 Å². The molecule has 0 unspecified atom stereocenters. The maximum absolute atomic E-state index is 12.7. The Morgan fingerprint density at radius 1 is 1.23 bits per heavy atom. The third-order valence-corrected chi connectivity index (χ3v) is 6.26. The molecule has 1 amide bonds. The van der Waals surface area contributed by atoms with Crippen molar-refractivity contribution in [3.63, 3.8) is 0 Å². The van der Waals surface area contributed by atoms with Gasteiger partial charge in [-0.15, -0.1) is 10.2 Å². The first kappa shape index (κ1) is 20.7. The van der Waals surface area contributed by atoms with E-state index in [2.05, 4.69) is 37.1 Å². The van der Waals surface area contributed by atoms with E-state index in [0.29, 0.717) is 24.8 Å². The summed E-state index contributed by atoms with van der Waals surface area (Å²) < 4.78 is 5.00. The molecule has 0 radical (unpaired) electrons. The van der Waals surface area contributed by atoms with Crippen LogP contribution in [0.5, 0.6) is 5.88 Å². The minimum Gasteiger partial charge on any atom is -0.480 e. The SMILES string of the molecule is C=C1CN(CC(=O)N2CCN(C3CCC3)CC2)CC/C1=N/Nc1ccc(OC)nn1. The summed E-state index contributed by atoms with van der Waals surface area (Å²) in [5, 5.41) is 12.3. The largest absolute Gasteiger partial charge is 0.480 e. The molecule has 1 N–H and O–H groups in total. The van der Waals surface area contributed by atoms with Crippen LogP contribution in [0, 0.1) is 0 Å². The quantitative estimate of drug-likeness (QED) is 0.702. The molecule has 3 fully saturated rings. The summed E-state index contributed by atoms with van der Waals surface area (Å²) in [5.74, 6) is 1.23. The lowest BCUT2D eigenvalue weighted by atomic mass is 9.91. The normalized spacial score (nSPS) is 22.8. The second-order valence-electron chi connectivity index (χ2n) is 8.20. The van der Waals surface area contributed by atoms with Crippen molar-refractivity contribution in [2.45, 2.75) is 31.7 Å². The second-order valence-corrected chi connectivity index (χ2v) is 8.20. The minimum absolute atomic E-state index is 0.225. The van der Waals surface area contributed by atoms with E-state index in [-0.39, 0.29) is 5.91 Å². The van der Waals surface area contributed by atoms with E-state index in [4.69, 9.17) is 4.74 Å². The van der Waals surface area contributed by atoms with Crippen molar-refractivity contribution in [2.75, 3.05) is 58.3 Å². The highest BCUT2D eigenvalue weighted by molar-refractivity contribution is 6.01. The maximum atomic E-state index is 12.7. The summed E-state index contributed by atoms with van der Waals surface area (Å²) in [6.07, 6.45) is 4.76. The fourth-order valence-electron chi connectivity index (χ4n) is 4.14. The Morgan fingerprint density at radius 2 is 2.03 bits per heavy atom. The molecule has 4 rings (SSSR count). The highest BCUT2D eigenvalue weighted by Gasteiger charge is 2.30. The molecule has 1 aliphatic carbocycles. The number of piperazine rings is 1. The summed E-state index contributed by atoms with van der Waals surface area (Å²) in [6, 6.07) is 4.25. The molecule has 30 heavy (non-hydrogen) atoms. The zero-order chi connectivity index (χ0) is 20.9. The van der Waals surface area contributed by atoms with E-state index < -0.39 is 0 Å².